The predicted octanol–water partition coefficient (Wildman–Crippen LogP) is 5.83. The molecule has 2 nitrogen and oxygen atoms in total. The van der Waals surface area contributed by atoms with Crippen molar-refractivity contribution in [3.8, 4) is 0 Å². The Morgan fingerprint density at radius 1 is 0.963 bits per heavy atom. The largest absolute Gasteiger partial charge is 0.428 e. The second-order valence-corrected chi connectivity index (χ2v) is 6.11. The lowest BCUT2D eigenvalue weighted by atomic mass is 9.90. The van der Waals surface area contributed by atoms with Crippen LogP contribution in [-0.2, 0) is 16.6 Å². The predicted molar refractivity (Wildman–Crippen MR) is 82.8 cm³/mol. The quantitative estimate of drug-likeness (QED) is 0.628. The summed E-state index contributed by atoms with van der Waals surface area (Å²) in [5, 5.41) is -0.334. The van der Waals surface area contributed by atoms with E-state index < -0.39 is 34.9 Å². The van der Waals surface area contributed by atoms with Gasteiger partial charge in [-0.3, -0.25) is 10.3 Å². The number of hydrogen-bond donors (Lipinski definition) is 1. The zero-order valence-corrected chi connectivity index (χ0v) is 13.8. The maximum absolute atomic E-state index is 13.8. The van der Waals surface area contributed by atoms with E-state index >= 15 is 0 Å². The van der Waals surface area contributed by atoms with Gasteiger partial charge in [0.05, 0.1) is 16.3 Å². The molecule has 10 heteroatoms. The van der Waals surface area contributed by atoms with E-state index in [0.717, 1.165) is 30.3 Å². The van der Waals surface area contributed by atoms with Crippen LogP contribution in [0.2, 0.25) is 5.02 Å². The summed E-state index contributed by atoms with van der Waals surface area (Å²) < 4.78 is 93.3. The van der Waals surface area contributed by atoms with Gasteiger partial charge in [-0.25, -0.2) is 4.39 Å². The third kappa shape index (κ3) is 3.49. The van der Waals surface area contributed by atoms with Gasteiger partial charge < -0.3 is 0 Å². The Balaban J connectivity index is 2.13. The number of alkyl halides is 6. The molecule has 1 aliphatic heterocycles. The van der Waals surface area contributed by atoms with Crippen molar-refractivity contribution in [3.63, 3.8) is 0 Å². The lowest BCUT2D eigenvalue weighted by Gasteiger charge is -2.29. The van der Waals surface area contributed by atoms with Gasteiger partial charge in [-0.05, 0) is 36.4 Å². The number of hydrogen-bond acceptors (Lipinski definition) is 2. The molecule has 0 radical (unpaired) electrons. The molecule has 2 aromatic carbocycles. The summed E-state index contributed by atoms with van der Waals surface area (Å²) in [5.74, 6) is -0.778. The van der Waals surface area contributed by atoms with E-state index in [4.69, 9.17) is 16.4 Å². The van der Waals surface area contributed by atoms with Gasteiger partial charge in [0.2, 0.25) is 5.60 Å². The van der Waals surface area contributed by atoms with Crippen LogP contribution in [0.15, 0.2) is 48.5 Å². The SMILES string of the molecule is Fc1ccc(C2=CC(c3cccc(C(F)(F)F)c3)(C(F)(F)F)ON2)cc1Cl. The molecule has 1 heterocycles. The Bertz CT molecular complexity index is 907. The van der Waals surface area contributed by atoms with Crippen molar-refractivity contribution in [3.05, 3.63) is 76.1 Å². The molecule has 0 spiro atoms. The fraction of sp³-hybridized carbons (Fsp3) is 0.176. The fourth-order valence-electron chi connectivity index (χ4n) is 2.58. The first-order valence-corrected chi connectivity index (χ1v) is 7.68. The molecule has 0 saturated heterocycles. The molecular weight excluding hydrogens is 403 g/mol. The molecule has 1 atom stereocenters. The molecule has 2 aromatic rings. The Hall–Kier alpha value is -2.26. The minimum absolute atomic E-state index is 0.0690. The van der Waals surface area contributed by atoms with E-state index in [9.17, 15) is 30.7 Å². The minimum atomic E-state index is -5.09. The summed E-state index contributed by atoms with van der Waals surface area (Å²) in [6.07, 6.45) is -9.33. The molecule has 1 unspecified atom stereocenters. The third-order valence-electron chi connectivity index (χ3n) is 3.94. The summed E-state index contributed by atoms with van der Waals surface area (Å²) in [6.45, 7) is 0. The van der Waals surface area contributed by atoms with E-state index in [1.807, 2.05) is 0 Å². The number of nitrogens with one attached hydrogen (secondary N) is 1. The van der Waals surface area contributed by atoms with E-state index in [2.05, 4.69) is 5.48 Å². The minimum Gasteiger partial charge on any atom is -0.265 e. The van der Waals surface area contributed by atoms with E-state index in [-0.39, 0.29) is 16.3 Å². The average molecular weight is 412 g/mol. The summed E-state index contributed by atoms with van der Waals surface area (Å²) >= 11 is 5.62. The van der Waals surface area contributed by atoms with Gasteiger partial charge in [-0.15, -0.1) is 0 Å². The Morgan fingerprint density at radius 2 is 1.67 bits per heavy atom. The summed E-state index contributed by atoms with van der Waals surface area (Å²) in [5.41, 5.74) is -3.27. The van der Waals surface area contributed by atoms with E-state index in [0.29, 0.717) is 18.2 Å². The standard InChI is InChI=1S/C17H9ClF7NO/c18-12-6-9(4-5-13(12)19)14-8-15(27-26-14,17(23,24)25)10-2-1-3-11(7-10)16(20,21)22/h1-8,26H. The average Bonchev–Trinajstić information content (AvgIpc) is 3.03. The Kier molecular flexibility index (Phi) is 4.63. The van der Waals surface area contributed by atoms with Crippen LogP contribution >= 0.6 is 11.6 Å². The third-order valence-corrected chi connectivity index (χ3v) is 4.23. The van der Waals surface area contributed by atoms with Crippen molar-refractivity contribution in [2.45, 2.75) is 18.0 Å². The normalized spacial score (nSPS) is 20.4. The number of rotatable bonds is 2. The van der Waals surface area contributed by atoms with Gasteiger partial charge in [-0.2, -0.15) is 26.3 Å². The maximum Gasteiger partial charge on any atom is 0.428 e. The number of benzene rings is 2. The van der Waals surface area contributed by atoms with Gasteiger partial charge in [0, 0.05) is 11.1 Å². The van der Waals surface area contributed by atoms with Crippen molar-refractivity contribution in [2.24, 2.45) is 0 Å². The van der Waals surface area contributed by atoms with Crippen LogP contribution in [0, 0.1) is 5.82 Å². The molecule has 0 aliphatic carbocycles. The van der Waals surface area contributed by atoms with Gasteiger partial charge in [-0.1, -0.05) is 23.7 Å². The fourth-order valence-corrected chi connectivity index (χ4v) is 2.76. The molecule has 0 fully saturated rings. The van der Waals surface area contributed by atoms with Crippen molar-refractivity contribution in [1.29, 1.82) is 0 Å². The maximum atomic E-state index is 13.8. The highest BCUT2D eigenvalue weighted by Crippen LogP contribution is 2.48. The Labute approximate surface area is 153 Å². The van der Waals surface area contributed by atoms with Gasteiger partial charge >= 0.3 is 12.4 Å². The van der Waals surface area contributed by atoms with Crippen LogP contribution in [0.5, 0.6) is 0 Å². The van der Waals surface area contributed by atoms with Crippen LogP contribution in [0.25, 0.3) is 5.70 Å². The van der Waals surface area contributed by atoms with Crippen molar-refractivity contribution >= 4 is 17.3 Å². The smallest absolute Gasteiger partial charge is 0.265 e. The Morgan fingerprint density at radius 3 is 2.26 bits per heavy atom. The second kappa shape index (κ2) is 6.42. The van der Waals surface area contributed by atoms with Crippen molar-refractivity contribution in [2.75, 3.05) is 0 Å². The number of halogens is 8. The zero-order chi connectivity index (χ0) is 20.0. The van der Waals surface area contributed by atoms with Crippen molar-refractivity contribution in [1.82, 2.24) is 5.48 Å². The first-order valence-electron chi connectivity index (χ1n) is 7.31. The molecule has 1 aliphatic rings. The van der Waals surface area contributed by atoms with Crippen LogP contribution in [0.4, 0.5) is 30.7 Å². The van der Waals surface area contributed by atoms with Crippen LogP contribution < -0.4 is 5.48 Å². The molecule has 0 amide bonds. The first-order chi connectivity index (χ1) is 12.4. The molecule has 27 heavy (non-hydrogen) atoms. The van der Waals surface area contributed by atoms with Gasteiger partial charge in [0.15, 0.2) is 0 Å². The first kappa shape index (κ1) is 19.5. The highest BCUT2D eigenvalue weighted by Gasteiger charge is 2.59. The molecule has 0 bridgehead atoms. The zero-order valence-electron chi connectivity index (χ0n) is 13.1. The van der Waals surface area contributed by atoms with Crippen molar-refractivity contribution < 1.29 is 35.6 Å². The van der Waals surface area contributed by atoms with E-state index in [1.165, 1.54) is 0 Å². The highest BCUT2D eigenvalue weighted by atomic mass is 35.5. The van der Waals surface area contributed by atoms with Gasteiger partial charge in [0.25, 0.3) is 0 Å². The lowest BCUT2D eigenvalue weighted by Crippen LogP contribution is -2.42. The molecule has 1 N–H and O–H groups in total. The molecule has 0 aromatic heterocycles. The number of hydroxylamine groups is 1. The van der Waals surface area contributed by atoms with Crippen LogP contribution in [-0.4, -0.2) is 6.18 Å². The monoisotopic (exact) mass is 411 g/mol. The molecule has 0 saturated carbocycles. The van der Waals surface area contributed by atoms with E-state index in [1.54, 1.807) is 0 Å². The topological polar surface area (TPSA) is 21.3 Å². The second-order valence-electron chi connectivity index (χ2n) is 5.70. The van der Waals surface area contributed by atoms with Crippen LogP contribution in [0.3, 0.4) is 0 Å². The summed E-state index contributed by atoms with van der Waals surface area (Å²) in [4.78, 5) is 4.72. The van der Waals surface area contributed by atoms with Gasteiger partial charge in [0.1, 0.15) is 5.82 Å². The van der Waals surface area contributed by atoms with Crippen LogP contribution in [0.1, 0.15) is 16.7 Å². The highest BCUT2D eigenvalue weighted by molar-refractivity contribution is 6.30. The summed E-state index contributed by atoms with van der Waals surface area (Å²) in [7, 11) is 0. The molecule has 3 rings (SSSR count). The summed E-state index contributed by atoms with van der Waals surface area (Å²) in [6, 6.07) is 5.92. The lowest BCUT2D eigenvalue weighted by molar-refractivity contribution is -0.269. The molecular formula is C17H9ClF7NO. The molecule has 144 valence electrons.